The molecule has 0 saturated carbocycles. The molecule has 0 spiro atoms. The highest BCUT2D eigenvalue weighted by Gasteiger charge is 2.45. The fraction of sp³-hybridized carbons (Fsp3) is 0.347. The number of aryl methyl sites for hydroxylation is 1. The standard InChI is InChI=1S/C25H23NO3S.C18H17NO.C6H15N/c1-17-10-12-21(13-11-17)30(28,29)26(20-14-18-6-2-3-7-19(18)15-20)24-16-25(27)23-9-5-4-8-22(23)24;20-18-11-17(15-7-3-4-8-16(15)18)19-14-9-12-5-1-2-6-13(12)10-14;1-4-7(5-2)6-3/h2-13,20,24H,14-16H2,1H3;1-8,14,17,19H,9-11H2;4-6H2,1-3H3. The van der Waals surface area contributed by atoms with Gasteiger partial charge in [-0.05, 0) is 97.8 Å². The average molecular weight is 782 g/mol. The summed E-state index contributed by atoms with van der Waals surface area (Å²) in [4.78, 5) is 27.4. The van der Waals surface area contributed by atoms with Gasteiger partial charge in [0.1, 0.15) is 0 Å². The SMILES string of the molecule is CCN(CC)CC.Cc1ccc(S(=O)(=O)N(C2Cc3ccccc3C2)C2CC(=O)c3ccccc32)cc1.O=C1CC(NC2Cc3ccccc3C2)c2ccccc21. The summed E-state index contributed by atoms with van der Waals surface area (Å²) in [6.45, 7) is 12.1. The van der Waals surface area contributed by atoms with E-state index in [-0.39, 0.29) is 35.0 Å². The van der Waals surface area contributed by atoms with Crippen molar-refractivity contribution < 1.29 is 18.0 Å². The smallest absolute Gasteiger partial charge is 0.243 e. The molecule has 1 N–H and O–H groups in total. The van der Waals surface area contributed by atoms with Gasteiger partial charge in [-0.25, -0.2) is 8.42 Å². The van der Waals surface area contributed by atoms with Crippen LogP contribution in [0.1, 0.15) is 105 Å². The quantitative estimate of drug-likeness (QED) is 0.161. The van der Waals surface area contributed by atoms with Crippen LogP contribution in [0.5, 0.6) is 0 Å². The predicted octanol–water partition coefficient (Wildman–Crippen LogP) is 8.90. The molecular formula is C49H55N3O4S. The van der Waals surface area contributed by atoms with Crippen LogP contribution in [0.25, 0.3) is 0 Å². The van der Waals surface area contributed by atoms with Crippen LogP contribution in [0, 0.1) is 6.92 Å². The molecule has 0 aromatic heterocycles. The van der Waals surface area contributed by atoms with Crippen LogP contribution in [0.2, 0.25) is 0 Å². The van der Waals surface area contributed by atoms with Gasteiger partial charge in [-0.15, -0.1) is 0 Å². The van der Waals surface area contributed by atoms with Gasteiger partial charge >= 0.3 is 0 Å². The lowest BCUT2D eigenvalue weighted by Crippen LogP contribution is -2.43. The van der Waals surface area contributed by atoms with Crippen molar-refractivity contribution >= 4 is 21.6 Å². The molecule has 0 heterocycles. The number of rotatable bonds is 9. The average Bonchev–Trinajstić information content (AvgIpc) is 4.00. The first-order valence-electron chi connectivity index (χ1n) is 20.6. The molecule has 4 aliphatic rings. The molecule has 2 unspecified atom stereocenters. The Morgan fingerprint density at radius 2 is 1.02 bits per heavy atom. The summed E-state index contributed by atoms with van der Waals surface area (Å²) in [5.41, 5.74) is 9.80. The largest absolute Gasteiger partial charge is 0.306 e. The first-order valence-corrected chi connectivity index (χ1v) is 22.0. The summed E-state index contributed by atoms with van der Waals surface area (Å²) in [7, 11) is -3.79. The topological polar surface area (TPSA) is 86.8 Å². The molecular weight excluding hydrogens is 727 g/mol. The van der Waals surface area contributed by atoms with Crippen LogP contribution >= 0.6 is 0 Å². The number of ketones is 2. The van der Waals surface area contributed by atoms with Crippen LogP contribution in [0.3, 0.4) is 0 Å². The molecule has 5 aromatic carbocycles. The van der Waals surface area contributed by atoms with Gasteiger partial charge in [0.25, 0.3) is 0 Å². The molecule has 5 aromatic rings. The minimum atomic E-state index is -3.79. The van der Waals surface area contributed by atoms with Crippen molar-refractivity contribution in [2.75, 3.05) is 19.6 Å². The van der Waals surface area contributed by atoms with Crippen molar-refractivity contribution in [1.82, 2.24) is 14.5 Å². The van der Waals surface area contributed by atoms with Crippen molar-refractivity contribution in [3.63, 3.8) is 0 Å². The molecule has 9 rings (SSSR count). The second-order valence-corrected chi connectivity index (χ2v) is 17.5. The lowest BCUT2D eigenvalue weighted by molar-refractivity contribution is 0.0966. The van der Waals surface area contributed by atoms with E-state index in [9.17, 15) is 18.0 Å². The van der Waals surface area contributed by atoms with Gasteiger partial charge in [-0.2, -0.15) is 4.31 Å². The zero-order valence-corrected chi connectivity index (χ0v) is 34.5. The number of Topliss-reactive ketones (excluding diaryl/α,β-unsaturated/α-hetero) is 2. The van der Waals surface area contributed by atoms with Gasteiger partial charge in [0.15, 0.2) is 11.6 Å². The van der Waals surface area contributed by atoms with Crippen LogP contribution in [0.4, 0.5) is 0 Å². The predicted molar refractivity (Wildman–Crippen MR) is 228 cm³/mol. The molecule has 0 radical (unpaired) electrons. The number of nitrogens with zero attached hydrogens (tertiary/aromatic N) is 2. The second-order valence-electron chi connectivity index (χ2n) is 15.6. The number of carbonyl (C=O) groups is 2. The Balaban J connectivity index is 0.000000158. The number of nitrogens with one attached hydrogen (secondary N) is 1. The minimum Gasteiger partial charge on any atom is -0.306 e. The van der Waals surface area contributed by atoms with E-state index < -0.39 is 16.1 Å². The van der Waals surface area contributed by atoms with Crippen molar-refractivity contribution in [1.29, 1.82) is 0 Å². The fourth-order valence-electron chi connectivity index (χ4n) is 9.07. The van der Waals surface area contributed by atoms with Crippen molar-refractivity contribution in [2.24, 2.45) is 0 Å². The zero-order chi connectivity index (χ0) is 40.1. The number of hydrogen-bond acceptors (Lipinski definition) is 6. The molecule has 0 aliphatic heterocycles. The molecule has 4 aliphatic carbocycles. The normalized spacial score (nSPS) is 18.4. The Bertz CT molecular complexity index is 2260. The maximum absolute atomic E-state index is 13.9. The Morgan fingerprint density at radius 3 is 1.54 bits per heavy atom. The van der Waals surface area contributed by atoms with Crippen LogP contribution < -0.4 is 5.32 Å². The Morgan fingerprint density at radius 1 is 0.561 bits per heavy atom. The third kappa shape index (κ3) is 8.75. The monoisotopic (exact) mass is 781 g/mol. The molecule has 0 fully saturated rings. The molecule has 8 heteroatoms. The molecule has 7 nitrogen and oxygen atoms in total. The van der Waals surface area contributed by atoms with Crippen LogP contribution in [-0.4, -0.2) is 60.9 Å². The summed E-state index contributed by atoms with van der Waals surface area (Å²) in [5.74, 6) is 0.281. The summed E-state index contributed by atoms with van der Waals surface area (Å²) in [6, 6.07) is 39.1. The second kappa shape index (κ2) is 17.8. The maximum Gasteiger partial charge on any atom is 0.243 e. The first kappa shape index (κ1) is 40.5. The molecule has 296 valence electrons. The highest BCUT2D eigenvalue weighted by atomic mass is 32.2. The van der Waals surface area contributed by atoms with Gasteiger partial charge in [0.05, 0.1) is 10.9 Å². The van der Waals surface area contributed by atoms with Gasteiger partial charge < -0.3 is 10.2 Å². The van der Waals surface area contributed by atoms with Gasteiger partial charge in [-0.1, -0.05) is 136 Å². The van der Waals surface area contributed by atoms with Crippen LogP contribution in [-0.2, 0) is 35.7 Å². The summed E-state index contributed by atoms with van der Waals surface area (Å²) in [6.07, 6.45) is 4.26. The van der Waals surface area contributed by atoms with Crippen molar-refractivity contribution in [2.45, 2.75) is 95.3 Å². The third-order valence-corrected chi connectivity index (χ3v) is 14.1. The molecule has 57 heavy (non-hydrogen) atoms. The van der Waals surface area contributed by atoms with Crippen LogP contribution in [0.15, 0.2) is 126 Å². The van der Waals surface area contributed by atoms with E-state index in [4.69, 9.17) is 0 Å². The number of fused-ring (bicyclic) bond motifs is 4. The number of sulfonamides is 1. The number of carbonyl (C=O) groups excluding carboxylic acids is 2. The maximum atomic E-state index is 13.9. The van der Waals surface area contributed by atoms with Gasteiger partial charge in [-0.3, -0.25) is 9.59 Å². The highest BCUT2D eigenvalue weighted by molar-refractivity contribution is 7.89. The highest BCUT2D eigenvalue weighted by Crippen LogP contribution is 2.42. The first-order chi connectivity index (χ1) is 27.6. The Kier molecular flexibility index (Phi) is 12.7. The Labute approximate surface area is 339 Å². The van der Waals surface area contributed by atoms with E-state index >= 15 is 0 Å². The van der Waals surface area contributed by atoms with E-state index in [0.717, 1.165) is 29.5 Å². The summed E-state index contributed by atoms with van der Waals surface area (Å²) >= 11 is 0. The van der Waals surface area contributed by atoms with Crippen molar-refractivity contribution in [3.05, 3.63) is 171 Å². The van der Waals surface area contributed by atoms with Gasteiger partial charge in [0.2, 0.25) is 10.0 Å². The molecule has 0 amide bonds. The van der Waals surface area contributed by atoms with Gasteiger partial charge in [0, 0.05) is 42.1 Å². The fourth-order valence-corrected chi connectivity index (χ4v) is 10.9. The lowest BCUT2D eigenvalue weighted by Gasteiger charge is -2.33. The molecule has 0 bridgehead atoms. The third-order valence-electron chi connectivity index (χ3n) is 12.1. The molecule has 0 saturated heterocycles. The molecule has 2 atom stereocenters. The zero-order valence-electron chi connectivity index (χ0n) is 33.7. The number of hydrogen-bond donors (Lipinski definition) is 1. The minimum absolute atomic E-state index is 0.00946. The van der Waals surface area contributed by atoms with E-state index in [1.54, 1.807) is 22.5 Å². The van der Waals surface area contributed by atoms with E-state index in [1.807, 2.05) is 67.6 Å². The van der Waals surface area contributed by atoms with E-state index in [0.29, 0.717) is 30.9 Å². The van der Waals surface area contributed by atoms with E-state index in [2.05, 4.69) is 73.5 Å². The Hall–Kier alpha value is -4.73. The van der Waals surface area contributed by atoms with Crippen molar-refractivity contribution in [3.8, 4) is 0 Å². The summed E-state index contributed by atoms with van der Waals surface area (Å²) < 4.78 is 29.4. The summed E-state index contributed by atoms with van der Waals surface area (Å²) in [5, 5.41) is 3.69. The van der Waals surface area contributed by atoms with E-state index in [1.165, 1.54) is 47.5 Å². The lowest BCUT2D eigenvalue weighted by atomic mass is 10.1. The number of benzene rings is 5.